The maximum Gasteiger partial charge on any atom is 0.420 e. The van der Waals surface area contributed by atoms with E-state index in [0.717, 1.165) is 19.3 Å². The summed E-state index contributed by atoms with van der Waals surface area (Å²) in [5, 5.41) is 0. The fourth-order valence-electron chi connectivity index (χ4n) is 4.71. The molecular formula is C13H17F5O. The third kappa shape index (κ3) is 2.48. The zero-order chi connectivity index (χ0) is 13.8. The predicted octanol–water partition coefficient (Wildman–Crippen LogP) is 4.17. The van der Waals surface area contributed by atoms with Crippen molar-refractivity contribution in [3.05, 3.63) is 0 Å². The van der Waals surface area contributed by atoms with Crippen molar-refractivity contribution in [2.45, 2.75) is 62.8 Å². The number of hydrogen-bond acceptors (Lipinski definition) is 1. The van der Waals surface area contributed by atoms with Crippen LogP contribution in [0.15, 0.2) is 0 Å². The predicted molar refractivity (Wildman–Crippen MR) is 57.8 cm³/mol. The van der Waals surface area contributed by atoms with E-state index in [2.05, 4.69) is 0 Å². The van der Waals surface area contributed by atoms with Crippen molar-refractivity contribution in [3.63, 3.8) is 0 Å². The molecular weight excluding hydrogens is 267 g/mol. The summed E-state index contributed by atoms with van der Waals surface area (Å²) in [6.07, 6.45) is -6.74. The van der Waals surface area contributed by atoms with E-state index in [9.17, 15) is 22.0 Å². The van der Waals surface area contributed by atoms with Crippen LogP contribution in [0.5, 0.6) is 0 Å². The lowest BCUT2D eigenvalue weighted by atomic mass is 9.54. The Labute approximate surface area is 108 Å². The molecule has 0 spiro atoms. The minimum Gasteiger partial charge on any atom is -0.357 e. The van der Waals surface area contributed by atoms with Gasteiger partial charge in [0.2, 0.25) is 6.10 Å². The maximum atomic E-state index is 12.7. The summed E-state index contributed by atoms with van der Waals surface area (Å²) in [6.45, 7) is 0. The number of rotatable bonds is 3. The van der Waals surface area contributed by atoms with Crippen molar-refractivity contribution in [1.82, 2.24) is 0 Å². The van der Waals surface area contributed by atoms with Crippen LogP contribution in [0.4, 0.5) is 22.0 Å². The second-order valence-electron chi connectivity index (χ2n) is 6.52. The molecule has 0 saturated heterocycles. The van der Waals surface area contributed by atoms with Crippen LogP contribution in [0, 0.1) is 17.8 Å². The molecule has 1 nitrogen and oxygen atoms in total. The first kappa shape index (κ1) is 13.6. The topological polar surface area (TPSA) is 9.23 Å². The largest absolute Gasteiger partial charge is 0.420 e. The molecule has 6 heteroatoms. The average Bonchev–Trinajstić information content (AvgIpc) is 2.22. The van der Waals surface area contributed by atoms with Gasteiger partial charge in [-0.15, -0.1) is 0 Å². The molecule has 0 aromatic carbocycles. The van der Waals surface area contributed by atoms with Gasteiger partial charge >= 0.3 is 6.18 Å². The van der Waals surface area contributed by atoms with Crippen LogP contribution in [0.1, 0.15) is 38.5 Å². The molecule has 0 aromatic rings. The van der Waals surface area contributed by atoms with Gasteiger partial charge in [-0.05, 0) is 56.3 Å². The van der Waals surface area contributed by atoms with Crippen LogP contribution < -0.4 is 0 Å². The van der Waals surface area contributed by atoms with E-state index in [0.29, 0.717) is 37.0 Å². The van der Waals surface area contributed by atoms with E-state index in [1.54, 1.807) is 0 Å². The summed E-state index contributed by atoms with van der Waals surface area (Å²) in [4.78, 5) is 0. The van der Waals surface area contributed by atoms with E-state index in [1.165, 1.54) is 0 Å². The molecule has 19 heavy (non-hydrogen) atoms. The molecule has 4 fully saturated rings. The number of alkyl halides is 5. The smallest absolute Gasteiger partial charge is 0.357 e. The van der Waals surface area contributed by atoms with Crippen LogP contribution >= 0.6 is 0 Å². The molecule has 4 rings (SSSR count). The summed E-state index contributed by atoms with van der Waals surface area (Å²) < 4.78 is 68.2. The van der Waals surface area contributed by atoms with Gasteiger partial charge in [0.25, 0.3) is 6.43 Å². The highest BCUT2D eigenvalue weighted by molar-refractivity contribution is 5.03. The molecule has 1 unspecified atom stereocenters. The molecule has 0 heterocycles. The lowest BCUT2D eigenvalue weighted by molar-refractivity contribution is -0.304. The lowest BCUT2D eigenvalue weighted by Gasteiger charge is -2.57. The third-order valence-electron chi connectivity index (χ3n) is 4.91. The summed E-state index contributed by atoms with van der Waals surface area (Å²) in [5.41, 5.74) is -0.939. The SMILES string of the molecule is FC(F)C(OC12CC3CC(CC(C3)C1)C2)C(F)(F)F. The number of ether oxygens (including phenoxy) is 1. The quantitative estimate of drug-likeness (QED) is 0.707. The molecule has 0 N–H and O–H groups in total. The average molecular weight is 284 g/mol. The highest BCUT2D eigenvalue weighted by Gasteiger charge is 2.57. The van der Waals surface area contributed by atoms with E-state index in [4.69, 9.17) is 4.74 Å². The zero-order valence-electron chi connectivity index (χ0n) is 10.4. The molecule has 0 radical (unpaired) electrons. The van der Waals surface area contributed by atoms with Crippen molar-refractivity contribution in [3.8, 4) is 0 Å². The monoisotopic (exact) mass is 284 g/mol. The lowest BCUT2D eigenvalue weighted by Crippen LogP contribution is -2.56. The first-order valence-electron chi connectivity index (χ1n) is 6.80. The van der Waals surface area contributed by atoms with E-state index >= 15 is 0 Å². The van der Waals surface area contributed by atoms with Gasteiger partial charge in [-0.3, -0.25) is 0 Å². The highest BCUT2D eigenvalue weighted by Crippen LogP contribution is 2.58. The second kappa shape index (κ2) is 4.30. The molecule has 4 aliphatic rings. The zero-order valence-corrected chi connectivity index (χ0v) is 10.4. The molecule has 110 valence electrons. The van der Waals surface area contributed by atoms with E-state index in [1.807, 2.05) is 0 Å². The summed E-state index contributed by atoms with van der Waals surface area (Å²) in [6, 6.07) is 0. The Bertz CT molecular complexity index is 316. The van der Waals surface area contributed by atoms with Crippen LogP contribution in [0.2, 0.25) is 0 Å². The normalized spacial score (nSPS) is 42.9. The minimum absolute atomic E-state index is 0.373. The van der Waals surface area contributed by atoms with Crippen LogP contribution in [0.3, 0.4) is 0 Å². The molecule has 4 saturated carbocycles. The summed E-state index contributed by atoms with van der Waals surface area (Å²) in [5.74, 6) is 1.12. The van der Waals surface area contributed by atoms with Crippen molar-refractivity contribution in [1.29, 1.82) is 0 Å². The van der Waals surface area contributed by atoms with Gasteiger partial charge in [0, 0.05) is 0 Å². The Morgan fingerprint density at radius 3 is 1.63 bits per heavy atom. The van der Waals surface area contributed by atoms with E-state index in [-0.39, 0.29) is 0 Å². The van der Waals surface area contributed by atoms with Gasteiger partial charge in [-0.25, -0.2) is 8.78 Å². The maximum absolute atomic E-state index is 12.7. The Balaban J connectivity index is 1.78. The van der Waals surface area contributed by atoms with Crippen LogP contribution in [0.25, 0.3) is 0 Å². The fraction of sp³-hybridized carbons (Fsp3) is 1.00. The standard InChI is InChI=1S/C13H17F5O/c14-11(15)10(13(16,17)18)19-12-4-7-1-8(5-12)3-9(2-7)6-12/h7-11H,1-6H2. The van der Waals surface area contributed by atoms with Gasteiger partial charge < -0.3 is 4.74 Å². The highest BCUT2D eigenvalue weighted by atomic mass is 19.4. The van der Waals surface area contributed by atoms with Gasteiger partial charge in [0.05, 0.1) is 5.60 Å². The van der Waals surface area contributed by atoms with Crippen molar-refractivity contribution in [2.24, 2.45) is 17.8 Å². The fourth-order valence-corrected chi connectivity index (χ4v) is 4.71. The molecule has 0 aliphatic heterocycles. The van der Waals surface area contributed by atoms with Gasteiger partial charge in [0.1, 0.15) is 0 Å². The van der Waals surface area contributed by atoms with Crippen LogP contribution in [-0.2, 0) is 4.74 Å². The molecule has 4 bridgehead atoms. The molecule has 0 aromatic heterocycles. The third-order valence-corrected chi connectivity index (χ3v) is 4.91. The Morgan fingerprint density at radius 1 is 0.895 bits per heavy atom. The Morgan fingerprint density at radius 2 is 1.32 bits per heavy atom. The Hall–Kier alpha value is -0.390. The van der Waals surface area contributed by atoms with Gasteiger partial charge in [-0.1, -0.05) is 0 Å². The van der Waals surface area contributed by atoms with Gasteiger partial charge in [0.15, 0.2) is 0 Å². The molecule has 1 atom stereocenters. The first-order valence-corrected chi connectivity index (χ1v) is 6.80. The van der Waals surface area contributed by atoms with Gasteiger partial charge in [-0.2, -0.15) is 13.2 Å². The van der Waals surface area contributed by atoms with Crippen molar-refractivity contribution < 1.29 is 26.7 Å². The summed E-state index contributed by atoms with van der Waals surface area (Å²) >= 11 is 0. The number of halogens is 5. The Kier molecular flexibility index (Phi) is 3.08. The first-order chi connectivity index (χ1) is 8.77. The van der Waals surface area contributed by atoms with E-state index < -0.39 is 24.3 Å². The van der Waals surface area contributed by atoms with Crippen LogP contribution in [-0.4, -0.2) is 24.3 Å². The second-order valence-corrected chi connectivity index (χ2v) is 6.52. The summed E-state index contributed by atoms with van der Waals surface area (Å²) in [7, 11) is 0. The molecule has 4 aliphatic carbocycles. The number of hydrogen-bond donors (Lipinski definition) is 0. The molecule has 0 amide bonds. The van der Waals surface area contributed by atoms with Crippen molar-refractivity contribution >= 4 is 0 Å². The van der Waals surface area contributed by atoms with Crippen molar-refractivity contribution in [2.75, 3.05) is 0 Å². The minimum atomic E-state index is -4.99.